The van der Waals surface area contributed by atoms with Crippen molar-refractivity contribution in [3.05, 3.63) is 57.8 Å². The summed E-state index contributed by atoms with van der Waals surface area (Å²) in [7, 11) is -3.56. The first kappa shape index (κ1) is 30.8. The van der Waals surface area contributed by atoms with Gasteiger partial charge in [0.05, 0.1) is 32.1 Å². The Bertz CT molecular complexity index is 1050. The van der Waals surface area contributed by atoms with E-state index in [0.29, 0.717) is 45.8 Å². The Kier molecular flexibility index (Phi) is 13.2. The van der Waals surface area contributed by atoms with Gasteiger partial charge in [0.2, 0.25) is 15.9 Å². The number of carbonyl (C=O) groups is 1. The molecule has 2 aromatic rings. The van der Waals surface area contributed by atoms with Crippen molar-refractivity contribution in [3.63, 3.8) is 0 Å². The van der Waals surface area contributed by atoms with Crippen LogP contribution in [0.3, 0.4) is 0 Å². The third kappa shape index (κ3) is 10.8. The zero-order valence-electron chi connectivity index (χ0n) is 23.1. The Balaban J connectivity index is 1.70. The molecular formula is C29H45N3O4S2. The maximum absolute atomic E-state index is 13.7. The van der Waals surface area contributed by atoms with E-state index in [4.69, 9.17) is 4.74 Å². The summed E-state index contributed by atoms with van der Waals surface area (Å²) in [6, 6.07) is 14.0. The second-order valence-electron chi connectivity index (χ2n) is 10.1. The number of aryl methyl sites for hydroxylation is 1. The van der Waals surface area contributed by atoms with Crippen molar-refractivity contribution in [1.82, 2.24) is 14.1 Å². The number of rotatable bonds is 17. The second-order valence-corrected chi connectivity index (χ2v) is 13.6. The van der Waals surface area contributed by atoms with E-state index in [1.165, 1.54) is 22.0 Å². The number of sulfonamides is 1. The molecule has 212 valence electrons. The predicted molar refractivity (Wildman–Crippen MR) is 156 cm³/mol. The highest BCUT2D eigenvalue weighted by Crippen LogP contribution is 2.19. The highest BCUT2D eigenvalue weighted by atomic mass is 32.2. The van der Waals surface area contributed by atoms with E-state index in [1.807, 2.05) is 30.3 Å². The minimum absolute atomic E-state index is 0.0956. The number of morpholine rings is 1. The van der Waals surface area contributed by atoms with E-state index in [1.54, 1.807) is 16.2 Å². The maximum Gasteiger partial charge on any atom is 0.238 e. The zero-order chi connectivity index (χ0) is 27.2. The summed E-state index contributed by atoms with van der Waals surface area (Å²) in [5.74, 6) is -0.0633. The summed E-state index contributed by atoms with van der Waals surface area (Å²) in [6.45, 7) is 8.86. The lowest BCUT2D eigenvalue weighted by atomic mass is 10.1. The van der Waals surface area contributed by atoms with Gasteiger partial charge in [0.15, 0.2) is 0 Å². The Morgan fingerprint density at radius 1 is 0.974 bits per heavy atom. The van der Waals surface area contributed by atoms with Crippen LogP contribution >= 0.6 is 11.3 Å². The molecule has 0 atom stereocenters. The van der Waals surface area contributed by atoms with Gasteiger partial charge in [0, 0.05) is 42.5 Å². The zero-order valence-corrected chi connectivity index (χ0v) is 24.8. The van der Waals surface area contributed by atoms with Gasteiger partial charge in [0.25, 0.3) is 0 Å². The normalized spacial score (nSPS) is 14.7. The SMILES string of the molecule is CCCCCCCCS(=O)(=O)N(CCN1CCOCC1)CC(=O)N(Cc1ccccc1)Cc1ccc(C)s1. The minimum atomic E-state index is -3.56. The molecule has 0 unspecified atom stereocenters. The first-order chi connectivity index (χ1) is 18.4. The van der Waals surface area contributed by atoms with E-state index in [0.717, 1.165) is 42.8 Å². The molecule has 3 rings (SSSR count). The molecule has 38 heavy (non-hydrogen) atoms. The maximum atomic E-state index is 13.7. The van der Waals surface area contributed by atoms with Crippen LogP contribution in [0.5, 0.6) is 0 Å². The number of carbonyl (C=O) groups excluding carboxylic acids is 1. The fourth-order valence-corrected chi connectivity index (χ4v) is 7.03. The monoisotopic (exact) mass is 563 g/mol. The molecule has 0 radical (unpaired) electrons. The number of hydrogen-bond acceptors (Lipinski definition) is 6. The van der Waals surface area contributed by atoms with Gasteiger partial charge in [-0.3, -0.25) is 9.69 Å². The van der Waals surface area contributed by atoms with Crippen LogP contribution in [0, 0.1) is 6.92 Å². The van der Waals surface area contributed by atoms with Gasteiger partial charge in [-0.25, -0.2) is 8.42 Å². The molecule has 1 saturated heterocycles. The summed E-state index contributed by atoms with van der Waals surface area (Å²) in [5, 5.41) is 0. The molecule has 1 aromatic carbocycles. The van der Waals surface area contributed by atoms with E-state index in [2.05, 4.69) is 30.9 Å². The van der Waals surface area contributed by atoms with Crippen molar-refractivity contribution < 1.29 is 17.9 Å². The van der Waals surface area contributed by atoms with Crippen LogP contribution in [0.4, 0.5) is 0 Å². The molecule has 9 heteroatoms. The lowest BCUT2D eigenvalue weighted by Gasteiger charge is -2.31. The molecule has 0 N–H and O–H groups in total. The van der Waals surface area contributed by atoms with Crippen LogP contribution in [0.15, 0.2) is 42.5 Å². The molecule has 1 fully saturated rings. The second kappa shape index (κ2) is 16.4. The van der Waals surface area contributed by atoms with Gasteiger partial charge in [-0.1, -0.05) is 69.4 Å². The van der Waals surface area contributed by atoms with Crippen LogP contribution in [-0.2, 0) is 32.6 Å². The molecule has 2 heterocycles. The van der Waals surface area contributed by atoms with Crippen molar-refractivity contribution in [2.75, 3.05) is 51.7 Å². The molecule has 1 aliphatic heterocycles. The number of hydrogen-bond donors (Lipinski definition) is 0. The number of amides is 1. The van der Waals surface area contributed by atoms with Gasteiger partial charge in [-0.2, -0.15) is 4.31 Å². The summed E-state index contributed by atoms with van der Waals surface area (Å²) in [6.07, 6.45) is 6.10. The molecule has 0 bridgehead atoms. The molecule has 0 saturated carbocycles. The standard InChI is InChI=1S/C29H45N3O4S2/c1-3-4-5-6-7-11-22-38(34,35)32(17-16-30-18-20-36-21-19-30)25-29(33)31(23-27-12-9-8-10-13-27)24-28-15-14-26(2)37-28/h8-10,12-15H,3-7,11,16-25H2,1-2H3. The topological polar surface area (TPSA) is 70.2 Å². The number of unbranched alkanes of at least 4 members (excludes halogenated alkanes) is 5. The number of nitrogens with zero attached hydrogens (tertiary/aromatic N) is 3. The largest absolute Gasteiger partial charge is 0.379 e. The van der Waals surface area contributed by atoms with Gasteiger partial charge in [-0.05, 0) is 31.0 Å². The van der Waals surface area contributed by atoms with Crippen LogP contribution in [-0.4, -0.2) is 80.1 Å². The van der Waals surface area contributed by atoms with Crippen LogP contribution in [0.25, 0.3) is 0 Å². The Morgan fingerprint density at radius 3 is 2.37 bits per heavy atom. The number of ether oxygens (including phenoxy) is 1. The molecule has 0 spiro atoms. The van der Waals surface area contributed by atoms with Crippen LogP contribution in [0.2, 0.25) is 0 Å². The van der Waals surface area contributed by atoms with Gasteiger partial charge < -0.3 is 9.64 Å². The lowest BCUT2D eigenvalue weighted by Crippen LogP contribution is -2.47. The van der Waals surface area contributed by atoms with Gasteiger partial charge >= 0.3 is 0 Å². The van der Waals surface area contributed by atoms with Crippen LogP contribution < -0.4 is 0 Å². The van der Waals surface area contributed by atoms with Gasteiger partial charge in [-0.15, -0.1) is 11.3 Å². The molecule has 1 aromatic heterocycles. The lowest BCUT2D eigenvalue weighted by molar-refractivity contribution is -0.132. The van der Waals surface area contributed by atoms with Crippen molar-refractivity contribution >= 4 is 27.3 Å². The average molecular weight is 564 g/mol. The first-order valence-corrected chi connectivity index (χ1v) is 16.4. The van der Waals surface area contributed by atoms with Crippen molar-refractivity contribution in [2.24, 2.45) is 0 Å². The number of thiophene rings is 1. The summed E-state index contributed by atoms with van der Waals surface area (Å²) in [5.41, 5.74) is 1.03. The molecule has 1 aliphatic rings. The third-order valence-electron chi connectivity index (χ3n) is 6.94. The smallest absolute Gasteiger partial charge is 0.238 e. The molecular weight excluding hydrogens is 518 g/mol. The number of benzene rings is 1. The molecule has 0 aliphatic carbocycles. The summed E-state index contributed by atoms with van der Waals surface area (Å²) >= 11 is 1.67. The summed E-state index contributed by atoms with van der Waals surface area (Å²) < 4.78 is 33.9. The van der Waals surface area contributed by atoms with E-state index >= 15 is 0 Å². The third-order valence-corrected chi connectivity index (χ3v) is 9.83. The minimum Gasteiger partial charge on any atom is -0.379 e. The highest BCUT2D eigenvalue weighted by molar-refractivity contribution is 7.89. The Hall–Kier alpha value is -1.78. The predicted octanol–water partition coefficient (Wildman–Crippen LogP) is 4.91. The highest BCUT2D eigenvalue weighted by Gasteiger charge is 2.28. The quantitative estimate of drug-likeness (QED) is 0.256. The van der Waals surface area contributed by atoms with E-state index < -0.39 is 10.0 Å². The van der Waals surface area contributed by atoms with E-state index in [9.17, 15) is 13.2 Å². The first-order valence-electron chi connectivity index (χ1n) is 14.0. The fraction of sp³-hybridized carbons (Fsp3) is 0.621. The Labute approximate surface area is 233 Å². The Morgan fingerprint density at radius 2 is 1.68 bits per heavy atom. The van der Waals surface area contributed by atoms with Crippen molar-refractivity contribution in [3.8, 4) is 0 Å². The van der Waals surface area contributed by atoms with Crippen molar-refractivity contribution in [2.45, 2.75) is 65.5 Å². The summed E-state index contributed by atoms with van der Waals surface area (Å²) in [4.78, 5) is 20.0. The van der Waals surface area contributed by atoms with E-state index in [-0.39, 0.29) is 18.2 Å². The van der Waals surface area contributed by atoms with Gasteiger partial charge in [0.1, 0.15) is 0 Å². The molecule has 7 nitrogen and oxygen atoms in total. The van der Waals surface area contributed by atoms with Crippen LogP contribution in [0.1, 0.15) is 60.8 Å². The molecule has 1 amide bonds. The fourth-order valence-electron chi connectivity index (χ4n) is 4.63. The van der Waals surface area contributed by atoms with Crippen molar-refractivity contribution in [1.29, 1.82) is 0 Å². The average Bonchev–Trinajstić information content (AvgIpc) is 3.33.